The lowest BCUT2D eigenvalue weighted by atomic mass is 10.2. The van der Waals surface area contributed by atoms with Gasteiger partial charge < -0.3 is 10.1 Å². The number of para-hydroxylation sites is 1. The van der Waals surface area contributed by atoms with E-state index >= 15 is 0 Å². The van der Waals surface area contributed by atoms with Crippen molar-refractivity contribution >= 4 is 29.1 Å². The van der Waals surface area contributed by atoms with E-state index in [1.165, 1.54) is 0 Å². The molecular weight excluding hydrogens is 412 g/mol. The second-order valence-electron chi connectivity index (χ2n) is 6.83. The molecular formula is C24H21ClN4O2. The smallest absolute Gasteiger partial charge is 0.411 e. The van der Waals surface area contributed by atoms with Gasteiger partial charge in [0.1, 0.15) is 11.8 Å². The fourth-order valence-electron chi connectivity index (χ4n) is 2.98. The first-order valence-corrected chi connectivity index (χ1v) is 10.2. The first kappa shape index (κ1) is 20.5. The van der Waals surface area contributed by atoms with E-state index in [2.05, 4.69) is 15.7 Å². The van der Waals surface area contributed by atoms with Gasteiger partial charge in [-0.25, -0.2) is 9.48 Å². The van der Waals surface area contributed by atoms with Crippen LogP contribution < -0.4 is 10.6 Å². The van der Waals surface area contributed by atoms with Gasteiger partial charge in [-0.1, -0.05) is 60.1 Å². The van der Waals surface area contributed by atoms with Crippen molar-refractivity contribution in [1.29, 1.82) is 0 Å². The van der Waals surface area contributed by atoms with Crippen LogP contribution in [-0.2, 0) is 17.9 Å². The summed E-state index contributed by atoms with van der Waals surface area (Å²) in [5.74, 6) is 0. The number of halogens is 1. The standard InChI is InChI=1S/C24H21ClN4O2/c25-23-19(16-27-29(23)22-9-5-2-6-10-22)15-26-20-11-13-21(14-12-20)28-24(30)31-17-18-7-3-1-4-8-18/h1-14,16,26H,15,17H2,(H,28,30). The number of ether oxygens (including phenoxy) is 1. The number of aromatic nitrogens is 2. The van der Waals surface area contributed by atoms with E-state index in [9.17, 15) is 4.79 Å². The van der Waals surface area contributed by atoms with Crippen molar-refractivity contribution in [3.05, 3.63) is 107 Å². The van der Waals surface area contributed by atoms with Gasteiger partial charge in [0.25, 0.3) is 0 Å². The average molecular weight is 433 g/mol. The van der Waals surface area contributed by atoms with Crippen molar-refractivity contribution in [2.45, 2.75) is 13.2 Å². The summed E-state index contributed by atoms with van der Waals surface area (Å²) in [6, 6.07) is 26.6. The fraction of sp³-hybridized carbons (Fsp3) is 0.0833. The van der Waals surface area contributed by atoms with Gasteiger partial charge in [0.15, 0.2) is 0 Å². The average Bonchev–Trinajstić information content (AvgIpc) is 3.19. The summed E-state index contributed by atoms with van der Waals surface area (Å²) < 4.78 is 6.93. The highest BCUT2D eigenvalue weighted by molar-refractivity contribution is 6.30. The van der Waals surface area contributed by atoms with E-state index < -0.39 is 6.09 Å². The number of hydrogen-bond acceptors (Lipinski definition) is 4. The molecule has 31 heavy (non-hydrogen) atoms. The largest absolute Gasteiger partial charge is 0.444 e. The van der Waals surface area contributed by atoms with E-state index in [-0.39, 0.29) is 6.61 Å². The number of benzene rings is 3. The van der Waals surface area contributed by atoms with Crippen LogP contribution in [0.15, 0.2) is 91.1 Å². The Kier molecular flexibility index (Phi) is 6.50. The van der Waals surface area contributed by atoms with Crippen molar-refractivity contribution in [3.63, 3.8) is 0 Å². The molecule has 7 heteroatoms. The second kappa shape index (κ2) is 9.82. The van der Waals surface area contributed by atoms with E-state index in [1.54, 1.807) is 23.0 Å². The molecule has 0 saturated heterocycles. The highest BCUT2D eigenvalue weighted by Crippen LogP contribution is 2.22. The van der Waals surface area contributed by atoms with E-state index in [4.69, 9.17) is 16.3 Å². The predicted molar refractivity (Wildman–Crippen MR) is 123 cm³/mol. The molecule has 1 amide bonds. The highest BCUT2D eigenvalue weighted by atomic mass is 35.5. The maximum absolute atomic E-state index is 12.0. The Morgan fingerprint density at radius 1 is 0.903 bits per heavy atom. The lowest BCUT2D eigenvalue weighted by Gasteiger charge is -2.09. The third kappa shape index (κ3) is 5.43. The molecule has 6 nitrogen and oxygen atoms in total. The number of carbonyl (C=O) groups excluding carboxylic acids is 1. The van der Waals surface area contributed by atoms with Crippen molar-refractivity contribution in [2.75, 3.05) is 10.6 Å². The lowest BCUT2D eigenvalue weighted by molar-refractivity contribution is 0.155. The molecule has 1 heterocycles. The Morgan fingerprint density at radius 3 is 2.26 bits per heavy atom. The molecule has 0 radical (unpaired) electrons. The summed E-state index contributed by atoms with van der Waals surface area (Å²) in [6.45, 7) is 0.751. The van der Waals surface area contributed by atoms with Gasteiger partial charge in [0.05, 0.1) is 11.9 Å². The zero-order chi connectivity index (χ0) is 21.5. The second-order valence-corrected chi connectivity index (χ2v) is 7.18. The van der Waals surface area contributed by atoms with Gasteiger partial charge >= 0.3 is 6.09 Å². The Morgan fingerprint density at radius 2 is 1.55 bits per heavy atom. The topological polar surface area (TPSA) is 68.2 Å². The molecule has 0 aliphatic carbocycles. The summed E-state index contributed by atoms with van der Waals surface area (Å²) in [5, 5.41) is 11.0. The zero-order valence-corrected chi connectivity index (χ0v) is 17.4. The van der Waals surface area contributed by atoms with Gasteiger partial charge in [-0.15, -0.1) is 0 Å². The van der Waals surface area contributed by atoms with Crippen molar-refractivity contribution in [3.8, 4) is 5.69 Å². The van der Waals surface area contributed by atoms with E-state index in [0.29, 0.717) is 17.4 Å². The molecule has 0 saturated carbocycles. The summed E-state index contributed by atoms with van der Waals surface area (Å²) in [5.41, 5.74) is 4.28. The molecule has 156 valence electrons. The highest BCUT2D eigenvalue weighted by Gasteiger charge is 2.10. The molecule has 0 aliphatic heterocycles. The molecule has 1 aromatic heterocycles. The molecule has 0 bridgehead atoms. The lowest BCUT2D eigenvalue weighted by Crippen LogP contribution is -2.13. The maximum atomic E-state index is 12.0. The van der Waals surface area contributed by atoms with Crippen LogP contribution in [0.3, 0.4) is 0 Å². The Bertz CT molecular complexity index is 1130. The van der Waals surface area contributed by atoms with Gasteiger partial charge in [-0.05, 0) is 42.0 Å². The summed E-state index contributed by atoms with van der Waals surface area (Å²) in [7, 11) is 0. The molecule has 4 aromatic rings. The quantitative estimate of drug-likeness (QED) is 0.382. The number of nitrogens with zero attached hydrogens (tertiary/aromatic N) is 2. The molecule has 0 unspecified atom stereocenters. The Hall–Kier alpha value is -3.77. The zero-order valence-electron chi connectivity index (χ0n) is 16.7. The number of rotatable bonds is 7. The van der Waals surface area contributed by atoms with Crippen molar-refractivity contribution in [1.82, 2.24) is 9.78 Å². The molecule has 3 aromatic carbocycles. The van der Waals surface area contributed by atoms with E-state index in [0.717, 1.165) is 22.5 Å². The summed E-state index contributed by atoms with van der Waals surface area (Å²) >= 11 is 6.48. The Labute approximate surface area is 185 Å². The number of carbonyl (C=O) groups is 1. The van der Waals surface area contributed by atoms with Crippen LogP contribution in [0.2, 0.25) is 5.15 Å². The number of anilines is 2. The SMILES string of the molecule is O=C(Nc1ccc(NCc2cnn(-c3ccccc3)c2Cl)cc1)OCc1ccccc1. The van der Waals surface area contributed by atoms with Crippen LogP contribution in [-0.4, -0.2) is 15.9 Å². The fourth-order valence-corrected chi connectivity index (χ4v) is 3.24. The third-order valence-electron chi connectivity index (χ3n) is 4.61. The van der Waals surface area contributed by atoms with Crippen LogP contribution in [0, 0.1) is 0 Å². The minimum absolute atomic E-state index is 0.226. The number of nitrogens with one attached hydrogen (secondary N) is 2. The minimum atomic E-state index is -0.496. The Balaban J connectivity index is 1.29. The number of hydrogen-bond donors (Lipinski definition) is 2. The van der Waals surface area contributed by atoms with Crippen molar-refractivity contribution < 1.29 is 9.53 Å². The first-order valence-electron chi connectivity index (χ1n) is 9.78. The van der Waals surface area contributed by atoms with Crippen LogP contribution in [0.5, 0.6) is 0 Å². The van der Waals surface area contributed by atoms with Gasteiger partial charge in [0, 0.05) is 23.5 Å². The van der Waals surface area contributed by atoms with Crippen LogP contribution >= 0.6 is 11.6 Å². The third-order valence-corrected chi connectivity index (χ3v) is 5.01. The molecule has 0 aliphatic rings. The number of amides is 1. The van der Waals surface area contributed by atoms with Crippen molar-refractivity contribution in [2.24, 2.45) is 0 Å². The predicted octanol–water partition coefficient (Wildman–Crippen LogP) is 5.89. The molecule has 0 atom stereocenters. The summed E-state index contributed by atoms with van der Waals surface area (Å²) in [6.07, 6.45) is 1.26. The van der Waals surface area contributed by atoms with Gasteiger partial charge in [-0.3, -0.25) is 5.32 Å². The summed E-state index contributed by atoms with van der Waals surface area (Å²) in [4.78, 5) is 12.0. The molecule has 4 rings (SSSR count). The monoisotopic (exact) mass is 432 g/mol. The van der Waals surface area contributed by atoms with Gasteiger partial charge in [-0.2, -0.15) is 5.10 Å². The van der Waals surface area contributed by atoms with Crippen LogP contribution in [0.4, 0.5) is 16.2 Å². The molecule has 2 N–H and O–H groups in total. The first-order chi connectivity index (χ1) is 15.2. The molecule has 0 spiro atoms. The van der Waals surface area contributed by atoms with Crippen LogP contribution in [0.1, 0.15) is 11.1 Å². The van der Waals surface area contributed by atoms with Crippen LogP contribution in [0.25, 0.3) is 5.69 Å². The normalized spacial score (nSPS) is 10.5. The van der Waals surface area contributed by atoms with Gasteiger partial charge in [0.2, 0.25) is 0 Å². The minimum Gasteiger partial charge on any atom is -0.444 e. The molecule has 0 fully saturated rings. The maximum Gasteiger partial charge on any atom is 0.411 e. The van der Waals surface area contributed by atoms with E-state index in [1.807, 2.05) is 72.8 Å².